The van der Waals surface area contributed by atoms with E-state index in [4.69, 9.17) is 0 Å². The molecule has 180 valence electrons. The zero-order chi connectivity index (χ0) is 25.4. The summed E-state index contributed by atoms with van der Waals surface area (Å²) >= 11 is 3.46. The molecule has 0 spiro atoms. The molecule has 0 saturated carbocycles. The number of ketones is 1. The number of nitrogens with zero attached hydrogens (tertiary/aromatic N) is 1. The minimum atomic E-state index is -1.94. The Bertz CT molecular complexity index is 1460. The Morgan fingerprint density at radius 2 is 1.58 bits per heavy atom. The highest BCUT2D eigenvalue weighted by atomic mass is 79.9. The summed E-state index contributed by atoms with van der Waals surface area (Å²) in [6, 6.07) is 28.7. The fourth-order valence-electron chi connectivity index (χ4n) is 4.81. The van der Waals surface area contributed by atoms with Gasteiger partial charge in [-0.25, -0.2) is 0 Å². The first-order valence-electron chi connectivity index (χ1n) is 11.9. The summed E-state index contributed by atoms with van der Waals surface area (Å²) in [5, 5.41) is 11.7. The fraction of sp³-hybridized carbons (Fsp3) is 0.161. The minimum Gasteiger partial charge on any atom is -0.375 e. The van der Waals surface area contributed by atoms with Gasteiger partial charge in [0, 0.05) is 15.6 Å². The number of Topliss-reactive ketones (excluding diaryl/α,β-unsaturated/α-hetero) is 1. The zero-order valence-electron chi connectivity index (χ0n) is 20.2. The monoisotopic (exact) mass is 539 g/mol. The van der Waals surface area contributed by atoms with Crippen LogP contribution in [0.15, 0.2) is 95.5 Å². The summed E-state index contributed by atoms with van der Waals surface area (Å²) in [6.45, 7) is 4.34. The Kier molecular flexibility index (Phi) is 6.37. The molecule has 1 aliphatic rings. The van der Waals surface area contributed by atoms with Crippen molar-refractivity contribution < 1.29 is 14.7 Å². The van der Waals surface area contributed by atoms with E-state index in [0.717, 1.165) is 32.3 Å². The molecule has 0 aromatic heterocycles. The van der Waals surface area contributed by atoms with E-state index in [9.17, 15) is 14.7 Å². The summed E-state index contributed by atoms with van der Waals surface area (Å²) in [6.07, 6.45) is -0.330. The van der Waals surface area contributed by atoms with E-state index in [1.54, 1.807) is 23.1 Å². The van der Waals surface area contributed by atoms with Crippen LogP contribution in [0.1, 0.15) is 39.0 Å². The Hall–Kier alpha value is -3.54. The van der Waals surface area contributed by atoms with Gasteiger partial charge in [0.15, 0.2) is 11.4 Å². The molecule has 4 aromatic rings. The van der Waals surface area contributed by atoms with Crippen molar-refractivity contribution >= 4 is 33.3 Å². The van der Waals surface area contributed by atoms with Gasteiger partial charge < -0.3 is 10.0 Å². The number of halogens is 1. The first-order chi connectivity index (χ1) is 17.3. The number of fused-ring (bicyclic) bond motifs is 1. The number of anilines is 1. The molecular formula is C31H26BrNO3. The Morgan fingerprint density at radius 3 is 2.31 bits per heavy atom. The number of hydrogen-bond donors (Lipinski definition) is 1. The van der Waals surface area contributed by atoms with Gasteiger partial charge in [0.1, 0.15) is 0 Å². The lowest BCUT2D eigenvalue weighted by Crippen LogP contribution is -2.41. The third kappa shape index (κ3) is 4.41. The van der Waals surface area contributed by atoms with E-state index < -0.39 is 11.5 Å². The first-order valence-corrected chi connectivity index (χ1v) is 12.6. The summed E-state index contributed by atoms with van der Waals surface area (Å²) in [7, 11) is 0. The van der Waals surface area contributed by atoms with Crippen molar-refractivity contribution in [3.05, 3.63) is 123 Å². The largest absolute Gasteiger partial charge is 0.375 e. The van der Waals surface area contributed by atoms with Crippen LogP contribution in [0.25, 0.3) is 11.1 Å². The highest BCUT2D eigenvalue weighted by Gasteiger charge is 2.51. The molecule has 0 bridgehead atoms. The maximum absolute atomic E-state index is 13.7. The van der Waals surface area contributed by atoms with Crippen LogP contribution in [0.2, 0.25) is 0 Å². The molecule has 1 amide bonds. The number of aliphatic hydroxyl groups is 1. The lowest BCUT2D eigenvalue weighted by atomic mass is 9.88. The molecular weight excluding hydrogens is 514 g/mol. The van der Waals surface area contributed by atoms with Crippen molar-refractivity contribution in [1.82, 2.24) is 0 Å². The Morgan fingerprint density at radius 1 is 0.889 bits per heavy atom. The second kappa shape index (κ2) is 9.49. The van der Waals surface area contributed by atoms with Crippen molar-refractivity contribution in [2.24, 2.45) is 0 Å². The lowest BCUT2D eigenvalue weighted by molar-refractivity contribution is -0.136. The molecule has 0 unspecified atom stereocenters. The molecule has 1 heterocycles. The molecule has 36 heavy (non-hydrogen) atoms. The molecule has 0 saturated heterocycles. The topological polar surface area (TPSA) is 57.6 Å². The average molecular weight is 540 g/mol. The van der Waals surface area contributed by atoms with Gasteiger partial charge in [-0.3, -0.25) is 9.59 Å². The predicted octanol–water partition coefficient (Wildman–Crippen LogP) is 6.74. The van der Waals surface area contributed by atoms with Crippen molar-refractivity contribution in [3.8, 4) is 11.1 Å². The van der Waals surface area contributed by atoms with E-state index in [-0.39, 0.29) is 12.2 Å². The number of rotatable bonds is 6. The van der Waals surface area contributed by atoms with Crippen molar-refractivity contribution in [3.63, 3.8) is 0 Å². The smallest absolute Gasteiger partial charge is 0.264 e. The second-order valence-electron chi connectivity index (χ2n) is 9.39. The van der Waals surface area contributed by atoms with Crippen LogP contribution in [0.5, 0.6) is 0 Å². The van der Waals surface area contributed by atoms with Crippen molar-refractivity contribution in [2.75, 3.05) is 4.90 Å². The van der Waals surface area contributed by atoms with Crippen LogP contribution in [0.3, 0.4) is 0 Å². The maximum atomic E-state index is 13.7. The van der Waals surface area contributed by atoms with Crippen LogP contribution >= 0.6 is 15.9 Å². The van der Waals surface area contributed by atoms with Gasteiger partial charge in [-0.05, 0) is 54.3 Å². The highest BCUT2D eigenvalue weighted by molar-refractivity contribution is 9.10. The van der Waals surface area contributed by atoms with E-state index in [1.165, 1.54) is 0 Å². The normalized spacial score (nSPS) is 16.8. The number of hydrogen-bond acceptors (Lipinski definition) is 3. The van der Waals surface area contributed by atoms with Gasteiger partial charge in [0.2, 0.25) is 0 Å². The molecule has 0 radical (unpaired) electrons. The van der Waals surface area contributed by atoms with E-state index in [1.807, 2.05) is 80.6 Å². The molecule has 0 aliphatic carbocycles. The second-order valence-corrected chi connectivity index (χ2v) is 10.3. The molecule has 1 aliphatic heterocycles. The third-order valence-corrected chi connectivity index (χ3v) is 7.35. The molecule has 0 fully saturated rings. The van der Waals surface area contributed by atoms with E-state index >= 15 is 0 Å². The van der Waals surface area contributed by atoms with Gasteiger partial charge >= 0.3 is 0 Å². The van der Waals surface area contributed by atoms with E-state index in [2.05, 4.69) is 22.0 Å². The predicted molar refractivity (Wildman–Crippen MR) is 146 cm³/mol. The lowest BCUT2D eigenvalue weighted by Gasteiger charge is -2.23. The van der Waals surface area contributed by atoms with Gasteiger partial charge in [-0.2, -0.15) is 0 Å². The molecule has 1 atom stereocenters. The SMILES string of the molecule is Cc1ccc(C)c(CN2C(=O)[C@](O)(CC(=O)c3ccc(-c4ccccc4)cc3)c3cc(Br)ccc32)c1. The molecule has 1 N–H and O–H groups in total. The molecule has 5 heteroatoms. The van der Waals surface area contributed by atoms with Gasteiger partial charge in [0.05, 0.1) is 18.7 Å². The third-order valence-electron chi connectivity index (χ3n) is 6.86. The van der Waals surface area contributed by atoms with Gasteiger partial charge in [0.25, 0.3) is 5.91 Å². The fourth-order valence-corrected chi connectivity index (χ4v) is 5.17. The van der Waals surface area contributed by atoms with Crippen LogP contribution in [0.4, 0.5) is 5.69 Å². The zero-order valence-corrected chi connectivity index (χ0v) is 21.7. The number of carbonyl (C=O) groups is 2. The number of benzene rings is 4. The highest BCUT2D eigenvalue weighted by Crippen LogP contribution is 2.45. The van der Waals surface area contributed by atoms with Gasteiger partial charge in [-0.15, -0.1) is 0 Å². The number of aryl methyl sites for hydroxylation is 2. The van der Waals surface area contributed by atoms with E-state index in [0.29, 0.717) is 23.4 Å². The summed E-state index contributed by atoms with van der Waals surface area (Å²) < 4.78 is 0.737. The summed E-state index contributed by atoms with van der Waals surface area (Å²) in [4.78, 5) is 28.6. The quantitative estimate of drug-likeness (QED) is 0.276. The number of amides is 1. The van der Waals surface area contributed by atoms with Crippen molar-refractivity contribution in [2.45, 2.75) is 32.4 Å². The number of carbonyl (C=O) groups excluding carboxylic acids is 2. The maximum Gasteiger partial charge on any atom is 0.264 e. The average Bonchev–Trinajstić information content (AvgIpc) is 3.08. The molecule has 5 rings (SSSR count). The standard InChI is InChI=1S/C31H26BrNO3/c1-20-8-9-21(2)25(16-20)19-33-28-15-14-26(32)17-27(28)31(36,30(33)35)18-29(34)24-12-10-23(11-13-24)22-6-4-3-5-7-22/h3-17,36H,18-19H2,1-2H3/t31-/m0/s1. The van der Waals surface area contributed by atoms with Crippen molar-refractivity contribution in [1.29, 1.82) is 0 Å². The van der Waals surface area contributed by atoms with Crippen LogP contribution in [0, 0.1) is 13.8 Å². The summed E-state index contributed by atoms with van der Waals surface area (Å²) in [5.41, 5.74) is 4.81. The van der Waals surface area contributed by atoms with Crippen LogP contribution < -0.4 is 4.90 Å². The van der Waals surface area contributed by atoms with Crippen LogP contribution in [-0.2, 0) is 16.9 Å². The van der Waals surface area contributed by atoms with Gasteiger partial charge in [-0.1, -0.05) is 94.3 Å². The molecule has 4 nitrogen and oxygen atoms in total. The molecule has 4 aromatic carbocycles. The minimum absolute atomic E-state index is 0.287. The Balaban J connectivity index is 1.45. The summed E-state index contributed by atoms with van der Waals surface area (Å²) in [5.74, 6) is -0.768. The first kappa shape index (κ1) is 24.2. The van der Waals surface area contributed by atoms with Crippen LogP contribution in [-0.4, -0.2) is 16.8 Å². The Labute approximate surface area is 219 Å².